The lowest BCUT2D eigenvalue weighted by atomic mass is 9.95. The van der Waals surface area contributed by atoms with E-state index < -0.39 is 11.9 Å². The van der Waals surface area contributed by atoms with Crippen LogP contribution in [0.4, 0.5) is 4.39 Å². The Bertz CT molecular complexity index is 780. The molecule has 1 atom stereocenters. The molecule has 0 aromatic heterocycles. The van der Waals surface area contributed by atoms with Crippen LogP contribution < -0.4 is 5.73 Å². The van der Waals surface area contributed by atoms with Crippen LogP contribution in [0, 0.1) is 5.82 Å². The smallest absolute Gasteiger partial charge is 0.146 e. The van der Waals surface area contributed by atoms with Crippen molar-refractivity contribution in [2.45, 2.75) is 12.5 Å². The van der Waals surface area contributed by atoms with Gasteiger partial charge in [-0.1, -0.05) is 66.2 Å². The average Bonchev–Trinajstić information content (AvgIpc) is 2.50. The molecule has 0 amide bonds. The Morgan fingerprint density at radius 2 is 1.67 bits per heavy atom. The molecule has 21 heavy (non-hydrogen) atoms. The van der Waals surface area contributed by atoms with Crippen molar-refractivity contribution in [1.82, 2.24) is 0 Å². The van der Waals surface area contributed by atoms with Crippen LogP contribution in [-0.2, 0) is 6.42 Å². The summed E-state index contributed by atoms with van der Waals surface area (Å²) in [6.45, 7) is 0. The minimum atomic E-state index is -0.424. The van der Waals surface area contributed by atoms with E-state index in [0.717, 1.165) is 16.3 Å². The lowest BCUT2D eigenvalue weighted by molar-refractivity contribution is 0.581. The van der Waals surface area contributed by atoms with Gasteiger partial charge < -0.3 is 5.73 Å². The maximum Gasteiger partial charge on any atom is 0.146 e. The maximum absolute atomic E-state index is 14.1. The summed E-state index contributed by atoms with van der Waals surface area (Å²) in [4.78, 5) is 0. The van der Waals surface area contributed by atoms with Gasteiger partial charge in [0.05, 0.1) is 5.02 Å². The standard InChI is InChI=1S/C18H15ClFN/c19-16-10-4-9-15(18(16)20)17(21)11-13-7-3-6-12-5-1-2-8-14(12)13/h1-10,17H,11,21H2. The van der Waals surface area contributed by atoms with Gasteiger partial charge in [0.1, 0.15) is 5.82 Å². The SMILES string of the molecule is NC(Cc1cccc2ccccc12)c1cccc(Cl)c1F. The highest BCUT2D eigenvalue weighted by Gasteiger charge is 2.15. The van der Waals surface area contributed by atoms with E-state index in [1.807, 2.05) is 24.3 Å². The van der Waals surface area contributed by atoms with Crippen molar-refractivity contribution in [2.75, 3.05) is 0 Å². The molecule has 0 bridgehead atoms. The summed E-state index contributed by atoms with van der Waals surface area (Å²) in [6.07, 6.45) is 0.568. The van der Waals surface area contributed by atoms with Gasteiger partial charge in [0, 0.05) is 11.6 Å². The van der Waals surface area contributed by atoms with Crippen molar-refractivity contribution >= 4 is 22.4 Å². The predicted molar refractivity (Wildman–Crippen MR) is 86.0 cm³/mol. The van der Waals surface area contributed by atoms with Crippen LogP contribution in [0.3, 0.4) is 0 Å². The van der Waals surface area contributed by atoms with Crippen LogP contribution in [0.5, 0.6) is 0 Å². The zero-order chi connectivity index (χ0) is 14.8. The number of hydrogen-bond donors (Lipinski definition) is 1. The molecule has 0 aliphatic rings. The molecule has 0 spiro atoms. The van der Waals surface area contributed by atoms with E-state index in [4.69, 9.17) is 17.3 Å². The average molecular weight is 300 g/mol. The molecule has 3 aromatic carbocycles. The topological polar surface area (TPSA) is 26.0 Å². The van der Waals surface area contributed by atoms with E-state index in [0.29, 0.717) is 12.0 Å². The van der Waals surface area contributed by atoms with Gasteiger partial charge >= 0.3 is 0 Å². The van der Waals surface area contributed by atoms with E-state index >= 15 is 0 Å². The maximum atomic E-state index is 14.1. The molecule has 1 unspecified atom stereocenters. The van der Waals surface area contributed by atoms with Gasteiger partial charge in [-0.25, -0.2) is 4.39 Å². The molecule has 0 saturated heterocycles. The summed E-state index contributed by atoms with van der Waals surface area (Å²) in [5.74, 6) is -0.424. The largest absolute Gasteiger partial charge is 0.324 e. The molecular formula is C18H15ClFN. The van der Waals surface area contributed by atoms with Gasteiger partial charge in [0.2, 0.25) is 0 Å². The highest BCUT2D eigenvalue weighted by atomic mass is 35.5. The van der Waals surface area contributed by atoms with Crippen molar-refractivity contribution < 1.29 is 4.39 Å². The van der Waals surface area contributed by atoms with E-state index in [1.54, 1.807) is 12.1 Å². The fraction of sp³-hybridized carbons (Fsp3) is 0.111. The molecule has 0 aliphatic carbocycles. The second-order valence-corrected chi connectivity index (χ2v) is 5.50. The van der Waals surface area contributed by atoms with Crippen molar-refractivity contribution in [2.24, 2.45) is 5.73 Å². The monoisotopic (exact) mass is 299 g/mol. The summed E-state index contributed by atoms with van der Waals surface area (Å²) in [5, 5.41) is 2.42. The number of benzene rings is 3. The Hall–Kier alpha value is -1.90. The minimum Gasteiger partial charge on any atom is -0.324 e. The zero-order valence-corrected chi connectivity index (χ0v) is 12.1. The summed E-state index contributed by atoms with van der Waals surface area (Å²) < 4.78 is 14.1. The van der Waals surface area contributed by atoms with E-state index in [9.17, 15) is 4.39 Å². The molecule has 0 saturated carbocycles. The lowest BCUT2D eigenvalue weighted by Gasteiger charge is -2.15. The van der Waals surface area contributed by atoms with Gasteiger partial charge in [-0.3, -0.25) is 0 Å². The van der Waals surface area contributed by atoms with Crippen LogP contribution in [0.25, 0.3) is 10.8 Å². The van der Waals surface area contributed by atoms with Crippen LogP contribution in [0.2, 0.25) is 5.02 Å². The number of nitrogens with two attached hydrogens (primary N) is 1. The first-order valence-corrected chi connectivity index (χ1v) is 7.21. The second-order valence-electron chi connectivity index (χ2n) is 5.09. The molecule has 1 nitrogen and oxygen atoms in total. The zero-order valence-electron chi connectivity index (χ0n) is 11.4. The van der Waals surface area contributed by atoms with Crippen molar-refractivity contribution in [1.29, 1.82) is 0 Å². The molecule has 0 fully saturated rings. The van der Waals surface area contributed by atoms with Crippen LogP contribution in [0.15, 0.2) is 60.7 Å². The Morgan fingerprint density at radius 1 is 0.952 bits per heavy atom. The van der Waals surface area contributed by atoms with Gasteiger partial charge in [-0.15, -0.1) is 0 Å². The third kappa shape index (κ3) is 2.78. The van der Waals surface area contributed by atoms with E-state index in [-0.39, 0.29) is 5.02 Å². The fourth-order valence-corrected chi connectivity index (χ4v) is 2.81. The molecule has 0 aliphatic heterocycles. The second kappa shape index (κ2) is 5.84. The molecule has 3 rings (SSSR count). The van der Waals surface area contributed by atoms with E-state index in [2.05, 4.69) is 18.2 Å². The Kier molecular flexibility index (Phi) is 3.91. The normalized spacial score (nSPS) is 12.5. The molecule has 3 aromatic rings. The highest BCUT2D eigenvalue weighted by molar-refractivity contribution is 6.30. The predicted octanol–water partition coefficient (Wildman–Crippen LogP) is 4.87. The quantitative estimate of drug-likeness (QED) is 0.733. The van der Waals surface area contributed by atoms with Gasteiger partial charge in [0.25, 0.3) is 0 Å². The molecule has 0 heterocycles. The third-order valence-electron chi connectivity index (χ3n) is 3.70. The number of rotatable bonds is 3. The minimum absolute atomic E-state index is 0.112. The van der Waals surface area contributed by atoms with Gasteiger partial charge in [-0.2, -0.15) is 0 Å². The summed E-state index contributed by atoms with van der Waals surface area (Å²) >= 11 is 5.83. The number of fused-ring (bicyclic) bond motifs is 1. The first kappa shape index (κ1) is 14.1. The third-order valence-corrected chi connectivity index (χ3v) is 3.99. The van der Waals surface area contributed by atoms with Crippen LogP contribution in [-0.4, -0.2) is 0 Å². The first-order chi connectivity index (χ1) is 10.2. The van der Waals surface area contributed by atoms with Crippen LogP contribution in [0.1, 0.15) is 17.2 Å². The van der Waals surface area contributed by atoms with Crippen molar-refractivity contribution in [3.05, 3.63) is 82.6 Å². The number of hydrogen-bond acceptors (Lipinski definition) is 1. The Morgan fingerprint density at radius 3 is 2.52 bits per heavy atom. The number of halogens is 2. The molecule has 106 valence electrons. The Balaban J connectivity index is 1.97. The fourth-order valence-electron chi connectivity index (χ4n) is 2.62. The molecule has 3 heteroatoms. The van der Waals surface area contributed by atoms with E-state index in [1.165, 1.54) is 6.07 Å². The molecule has 2 N–H and O–H groups in total. The lowest BCUT2D eigenvalue weighted by Crippen LogP contribution is -2.15. The molecule has 0 radical (unpaired) electrons. The summed E-state index contributed by atoms with van der Waals surface area (Å²) in [6, 6.07) is 18.7. The van der Waals surface area contributed by atoms with Crippen LogP contribution >= 0.6 is 11.6 Å². The summed E-state index contributed by atoms with van der Waals surface area (Å²) in [5.41, 5.74) is 7.75. The Labute approximate surface area is 128 Å². The molecular weight excluding hydrogens is 285 g/mol. The highest BCUT2D eigenvalue weighted by Crippen LogP contribution is 2.27. The van der Waals surface area contributed by atoms with Crippen molar-refractivity contribution in [3.8, 4) is 0 Å². The van der Waals surface area contributed by atoms with Gasteiger partial charge in [-0.05, 0) is 28.8 Å². The first-order valence-electron chi connectivity index (χ1n) is 6.83. The van der Waals surface area contributed by atoms with Gasteiger partial charge in [0.15, 0.2) is 0 Å². The summed E-state index contributed by atoms with van der Waals surface area (Å²) in [7, 11) is 0. The van der Waals surface area contributed by atoms with Crippen molar-refractivity contribution in [3.63, 3.8) is 0 Å².